The minimum atomic E-state index is -0.273. The summed E-state index contributed by atoms with van der Waals surface area (Å²) in [6.45, 7) is 3.10. The van der Waals surface area contributed by atoms with Crippen LogP contribution < -0.4 is 20.1 Å². The van der Waals surface area contributed by atoms with Crippen molar-refractivity contribution in [3.8, 4) is 5.75 Å². The molecule has 1 aliphatic rings. The van der Waals surface area contributed by atoms with Gasteiger partial charge < -0.3 is 14.5 Å². The van der Waals surface area contributed by atoms with E-state index in [2.05, 4.69) is 21.0 Å². The Balaban J connectivity index is 1.54. The first-order chi connectivity index (χ1) is 12.6. The number of ether oxygens (including phenoxy) is 1. The number of methoxy groups -OCH3 is 1. The first-order valence-corrected chi connectivity index (χ1v) is 9.43. The van der Waals surface area contributed by atoms with E-state index in [0.717, 1.165) is 47.3 Å². The molecule has 0 spiro atoms. The molecule has 3 aromatic rings. The van der Waals surface area contributed by atoms with Crippen LogP contribution in [0.1, 0.15) is 0 Å². The molecule has 2 aromatic heterocycles. The Morgan fingerprint density at radius 3 is 2.65 bits per heavy atom. The van der Waals surface area contributed by atoms with Crippen molar-refractivity contribution in [1.82, 2.24) is 14.8 Å². The molecule has 3 heterocycles. The van der Waals surface area contributed by atoms with Crippen LogP contribution in [0, 0.1) is 0 Å². The summed E-state index contributed by atoms with van der Waals surface area (Å²) in [4.78, 5) is 21.1. The number of rotatable bonds is 3. The van der Waals surface area contributed by atoms with E-state index in [9.17, 15) is 4.79 Å². The standard InChI is InChI=1S/C17H18ClN5O2S/c1-21-16(24)14(18)11(10-19-21)22-6-8-23(9-7-22)17-20-15-12(25-2)4-3-5-13(15)26-17/h3-5,10H,6-9H2,1-2H3. The number of hydrogen-bond donors (Lipinski definition) is 0. The van der Waals surface area contributed by atoms with Gasteiger partial charge in [-0.1, -0.05) is 29.0 Å². The summed E-state index contributed by atoms with van der Waals surface area (Å²) < 4.78 is 7.76. The van der Waals surface area contributed by atoms with Crippen molar-refractivity contribution in [1.29, 1.82) is 0 Å². The molecule has 1 aliphatic heterocycles. The van der Waals surface area contributed by atoms with E-state index in [-0.39, 0.29) is 10.6 Å². The van der Waals surface area contributed by atoms with Crippen LogP contribution in [0.5, 0.6) is 5.75 Å². The van der Waals surface area contributed by atoms with E-state index < -0.39 is 0 Å². The number of nitrogens with zero attached hydrogens (tertiary/aromatic N) is 5. The molecule has 0 N–H and O–H groups in total. The Hall–Kier alpha value is -2.32. The Morgan fingerprint density at radius 1 is 1.19 bits per heavy atom. The molecular weight excluding hydrogens is 374 g/mol. The number of aromatic nitrogens is 3. The van der Waals surface area contributed by atoms with E-state index in [1.54, 1.807) is 31.7 Å². The Morgan fingerprint density at radius 2 is 1.92 bits per heavy atom. The van der Waals surface area contributed by atoms with Gasteiger partial charge in [-0.2, -0.15) is 5.10 Å². The summed E-state index contributed by atoms with van der Waals surface area (Å²) in [5.74, 6) is 0.793. The van der Waals surface area contributed by atoms with Gasteiger partial charge in [-0.15, -0.1) is 0 Å². The minimum Gasteiger partial charge on any atom is -0.494 e. The quantitative estimate of drug-likeness (QED) is 0.683. The van der Waals surface area contributed by atoms with Crippen LogP contribution in [-0.2, 0) is 7.05 Å². The molecule has 0 bridgehead atoms. The lowest BCUT2D eigenvalue weighted by Crippen LogP contribution is -2.47. The van der Waals surface area contributed by atoms with E-state index in [1.165, 1.54) is 4.68 Å². The largest absolute Gasteiger partial charge is 0.494 e. The number of piperazine rings is 1. The molecule has 1 saturated heterocycles. The summed E-state index contributed by atoms with van der Waals surface area (Å²) in [6, 6.07) is 5.96. The highest BCUT2D eigenvalue weighted by molar-refractivity contribution is 7.22. The van der Waals surface area contributed by atoms with Crippen molar-refractivity contribution < 1.29 is 4.74 Å². The predicted molar refractivity (Wildman–Crippen MR) is 105 cm³/mol. The number of hydrogen-bond acceptors (Lipinski definition) is 7. The zero-order valence-electron chi connectivity index (χ0n) is 14.5. The molecule has 26 heavy (non-hydrogen) atoms. The highest BCUT2D eigenvalue weighted by atomic mass is 35.5. The van der Waals surface area contributed by atoms with Crippen molar-refractivity contribution >= 4 is 44.0 Å². The molecule has 136 valence electrons. The number of halogens is 1. The molecule has 0 radical (unpaired) electrons. The van der Waals surface area contributed by atoms with Crippen molar-refractivity contribution in [2.45, 2.75) is 0 Å². The van der Waals surface area contributed by atoms with E-state index in [0.29, 0.717) is 5.69 Å². The van der Waals surface area contributed by atoms with Gasteiger partial charge in [0.15, 0.2) is 5.13 Å². The maximum absolute atomic E-state index is 12.0. The number of fused-ring (bicyclic) bond motifs is 1. The third-order valence-corrected chi connectivity index (χ3v) is 5.98. The molecule has 0 amide bonds. The van der Waals surface area contributed by atoms with Crippen LogP contribution in [0.15, 0.2) is 29.2 Å². The maximum Gasteiger partial charge on any atom is 0.287 e. The number of aryl methyl sites for hydroxylation is 1. The van der Waals surface area contributed by atoms with Gasteiger partial charge in [0, 0.05) is 33.2 Å². The highest BCUT2D eigenvalue weighted by Crippen LogP contribution is 2.34. The van der Waals surface area contributed by atoms with Crippen molar-refractivity contribution in [2.75, 3.05) is 43.1 Å². The van der Waals surface area contributed by atoms with E-state index in [4.69, 9.17) is 21.3 Å². The Kier molecular flexibility index (Phi) is 4.46. The fourth-order valence-corrected chi connectivity index (χ4v) is 4.40. The van der Waals surface area contributed by atoms with Gasteiger partial charge in [-0.05, 0) is 12.1 Å². The molecule has 0 unspecified atom stereocenters. The number of benzene rings is 1. The lowest BCUT2D eigenvalue weighted by atomic mass is 10.3. The van der Waals surface area contributed by atoms with E-state index in [1.807, 2.05) is 12.1 Å². The summed E-state index contributed by atoms with van der Waals surface area (Å²) in [5, 5.41) is 5.29. The van der Waals surface area contributed by atoms with Crippen LogP contribution in [0.4, 0.5) is 10.8 Å². The summed E-state index contributed by atoms with van der Waals surface area (Å²) >= 11 is 7.88. The van der Waals surface area contributed by atoms with Crippen LogP contribution in [-0.4, -0.2) is 48.1 Å². The molecule has 0 saturated carbocycles. The topological polar surface area (TPSA) is 63.5 Å². The zero-order chi connectivity index (χ0) is 18.3. The first kappa shape index (κ1) is 17.1. The Labute approximate surface area is 159 Å². The number of thiazole rings is 1. The molecular formula is C17H18ClN5O2S. The smallest absolute Gasteiger partial charge is 0.287 e. The molecule has 1 fully saturated rings. The monoisotopic (exact) mass is 391 g/mol. The fourth-order valence-electron chi connectivity index (χ4n) is 3.07. The van der Waals surface area contributed by atoms with Crippen LogP contribution in [0.25, 0.3) is 10.2 Å². The van der Waals surface area contributed by atoms with Gasteiger partial charge in [0.2, 0.25) is 0 Å². The third kappa shape index (κ3) is 2.89. The SMILES string of the molecule is COc1cccc2sc(N3CCN(c4cnn(C)c(=O)c4Cl)CC3)nc12. The van der Waals surface area contributed by atoms with Gasteiger partial charge in [0.05, 0.1) is 23.7 Å². The average Bonchev–Trinajstić information content (AvgIpc) is 3.11. The summed E-state index contributed by atoms with van der Waals surface area (Å²) in [6.07, 6.45) is 1.65. The van der Waals surface area contributed by atoms with Gasteiger partial charge in [-0.3, -0.25) is 4.79 Å². The van der Waals surface area contributed by atoms with Crippen molar-refractivity contribution in [3.05, 3.63) is 39.8 Å². The van der Waals surface area contributed by atoms with Crippen molar-refractivity contribution in [2.24, 2.45) is 7.05 Å². The first-order valence-electron chi connectivity index (χ1n) is 8.23. The highest BCUT2D eigenvalue weighted by Gasteiger charge is 2.23. The second kappa shape index (κ2) is 6.77. The fraction of sp³-hybridized carbons (Fsp3) is 0.353. The van der Waals surface area contributed by atoms with Gasteiger partial charge in [0.25, 0.3) is 5.56 Å². The number of para-hydroxylation sites is 1. The van der Waals surface area contributed by atoms with Crippen LogP contribution in [0.3, 0.4) is 0 Å². The zero-order valence-corrected chi connectivity index (χ0v) is 16.0. The average molecular weight is 392 g/mol. The lowest BCUT2D eigenvalue weighted by Gasteiger charge is -2.36. The minimum absolute atomic E-state index is 0.223. The van der Waals surface area contributed by atoms with Gasteiger partial charge in [-0.25, -0.2) is 9.67 Å². The molecule has 0 aliphatic carbocycles. The predicted octanol–water partition coefficient (Wildman–Crippen LogP) is 2.38. The second-order valence-corrected chi connectivity index (χ2v) is 7.44. The van der Waals surface area contributed by atoms with Crippen LogP contribution in [0.2, 0.25) is 5.02 Å². The lowest BCUT2D eigenvalue weighted by molar-refractivity contribution is 0.419. The summed E-state index contributed by atoms with van der Waals surface area (Å²) in [5.41, 5.74) is 1.32. The van der Waals surface area contributed by atoms with Crippen molar-refractivity contribution in [3.63, 3.8) is 0 Å². The Bertz CT molecular complexity index is 1010. The third-order valence-electron chi connectivity index (χ3n) is 4.54. The van der Waals surface area contributed by atoms with Gasteiger partial charge >= 0.3 is 0 Å². The van der Waals surface area contributed by atoms with Crippen LogP contribution >= 0.6 is 22.9 Å². The molecule has 7 nitrogen and oxygen atoms in total. The molecule has 0 atom stereocenters. The maximum atomic E-state index is 12.0. The molecule has 1 aromatic carbocycles. The molecule has 9 heteroatoms. The molecule has 4 rings (SSSR count). The normalized spacial score (nSPS) is 14.9. The number of anilines is 2. The summed E-state index contributed by atoms with van der Waals surface area (Å²) in [7, 11) is 3.26. The second-order valence-electron chi connectivity index (χ2n) is 6.05. The van der Waals surface area contributed by atoms with E-state index >= 15 is 0 Å². The van der Waals surface area contributed by atoms with Gasteiger partial charge in [0.1, 0.15) is 16.3 Å².